The molecule has 7 heteroatoms. The van der Waals surface area contributed by atoms with Crippen molar-refractivity contribution in [2.45, 2.75) is 13.8 Å². The van der Waals surface area contributed by atoms with Crippen LogP contribution in [-0.2, 0) is 7.05 Å². The van der Waals surface area contributed by atoms with E-state index in [4.69, 9.17) is 0 Å². The Morgan fingerprint density at radius 1 is 1.39 bits per heavy atom. The molecule has 0 aliphatic rings. The Balaban J connectivity index is 2.26. The number of carbonyl (C=O) groups excluding carboxylic acids is 1. The van der Waals surface area contributed by atoms with Crippen LogP contribution < -0.4 is 10.9 Å². The molecule has 2 N–H and O–H groups in total. The summed E-state index contributed by atoms with van der Waals surface area (Å²) in [5.74, 6) is -0.384. The highest BCUT2D eigenvalue weighted by Gasteiger charge is 2.14. The van der Waals surface area contributed by atoms with Gasteiger partial charge in [-0.25, -0.2) is 5.10 Å². The Hall–Kier alpha value is -2.44. The van der Waals surface area contributed by atoms with Gasteiger partial charge in [0.15, 0.2) is 0 Å². The summed E-state index contributed by atoms with van der Waals surface area (Å²) < 4.78 is 1.69. The lowest BCUT2D eigenvalue weighted by Crippen LogP contribution is -2.18. The second-order valence-corrected chi connectivity index (χ2v) is 3.93. The van der Waals surface area contributed by atoms with Gasteiger partial charge >= 0.3 is 0 Å². The molecule has 2 heterocycles. The standard InChI is InChI=1S/C11H13N5O2/c1-6-10(7(2)16(3)15-6)12-11(18)8-4-5-9(17)14-13-8/h4-5H,1-3H3,(H,12,18)(H,14,17). The van der Waals surface area contributed by atoms with Crippen molar-refractivity contribution in [2.75, 3.05) is 5.32 Å². The number of aromatic amines is 1. The number of aryl methyl sites for hydroxylation is 2. The van der Waals surface area contributed by atoms with E-state index in [0.29, 0.717) is 5.69 Å². The van der Waals surface area contributed by atoms with Crippen LogP contribution >= 0.6 is 0 Å². The number of rotatable bonds is 2. The molecule has 0 saturated carbocycles. The van der Waals surface area contributed by atoms with Crippen LogP contribution in [0.3, 0.4) is 0 Å². The molecule has 0 radical (unpaired) electrons. The number of amides is 1. The van der Waals surface area contributed by atoms with Crippen molar-refractivity contribution in [1.82, 2.24) is 20.0 Å². The first-order chi connectivity index (χ1) is 8.49. The molecular weight excluding hydrogens is 234 g/mol. The van der Waals surface area contributed by atoms with Crippen molar-refractivity contribution in [3.63, 3.8) is 0 Å². The van der Waals surface area contributed by atoms with Gasteiger partial charge in [-0.15, -0.1) is 0 Å². The van der Waals surface area contributed by atoms with E-state index >= 15 is 0 Å². The van der Waals surface area contributed by atoms with Crippen molar-refractivity contribution >= 4 is 11.6 Å². The van der Waals surface area contributed by atoms with Crippen LogP contribution in [0.5, 0.6) is 0 Å². The third-order valence-corrected chi connectivity index (χ3v) is 2.66. The van der Waals surface area contributed by atoms with Gasteiger partial charge in [0.25, 0.3) is 11.5 Å². The fraction of sp³-hybridized carbons (Fsp3) is 0.273. The van der Waals surface area contributed by atoms with E-state index in [1.807, 2.05) is 13.8 Å². The van der Waals surface area contributed by atoms with E-state index < -0.39 is 0 Å². The molecule has 2 aromatic rings. The third-order valence-electron chi connectivity index (χ3n) is 2.66. The topological polar surface area (TPSA) is 92.7 Å². The number of anilines is 1. The Kier molecular flexibility index (Phi) is 2.97. The zero-order chi connectivity index (χ0) is 13.3. The third kappa shape index (κ3) is 2.15. The minimum Gasteiger partial charge on any atom is -0.317 e. The summed E-state index contributed by atoms with van der Waals surface area (Å²) in [5.41, 5.74) is 2.05. The van der Waals surface area contributed by atoms with Crippen LogP contribution in [0.4, 0.5) is 5.69 Å². The van der Waals surface area contributed by atoms with Gasteiger partial charge in [-0.1, -0.05) is 0 Å². The molecule has 18 heavy (non-hydrogen) atoms. The highest BCUT2D eigenvalue weighted by atomic mass is 16.2. The zero-order valence-electron chi connectivity index (χ0n) is 10.3. The van der Waals surface area contributed by atoms with Gasteiger partial charge in [0.05, 0.1) is 17.1 Å². The number of H-pyrrole nitrogens is 1. The van der Waals surface area contributed by atoms with Crippen molar-refractivity contribution < 1.29 is 4.79 Å². The average molecular weight is 247 g/mol. The molecule has 2 aromatic heterocycles. The smallest absolute Gasteiger partial charge is 0.276 e. The highest BCUT2D eigenvalue weighted by Crippen LogP contribution is 2.18. The van der Waals surface area contributed by atoms with Crippen molar-refractivity contribution in [3.05, 3.63) is 39.6 Å². The first-order valence-corrected chi connectivity index (χ1v) is 5.36. The number of nitrogens with one attached hydrogen (secondary N) is 2. The number of nitrogens with zero attached hydrogens (tertiary/aromatic N) is 3. The van der Waals surface area contributed by atoms with Crippen LogP contribution in [0.2, 0.25) is 0 Å². The molecule has 0 aromatic carbocycles. The molecule has 0 fully saturated rings. The summed E-state index contributed by atoms with van der Waals surface area (Å²) in [6, 6.07) is 2.63. The Morgan fingerprint density at radius 3 is 2.61 bits per heavy atom. The summed E-state index contributed by atoms with van der Waals surface area (Å²) in [6.07, 6.45) is 0. The van der Waals surface area contributed by atoms with Gasteiger partial charge in [-0.2, -0.15) is 10.2 Å². The maximum atomic E-state index is 11.9. The van der Waals surface area contributed by atoms with Crippen LogP contribution in [0.1, 0.15) is 21.9 Å². The van der Waals surface area contributed by atoms with E-state index in [1.54, 1.807) is 11.7 Å². The minimum absolute atomic E-state index is 0.150. The molecule has 0 aliphatic heterocycles. The Bertz CT molecular complexity index is 635. The first kappa shape index (κ1) is 12.0. The van der Waals surface area contributed by atoms with Crippen LogP contribution in [-0.4, -0.2) is 25.9 Å². The van der Waals surface area contributed by atoms with Crippen molar-refractivity contribution in [2.24, 2.45) is 7.05 Å². The van der Waals surface area contributed by atoms with Crippen molar-refractivity contribution in [3.8, 4) is 0 Å². The van der Waals surface area contributed by atoms with E-state index in [2.05, 4.69) is 20.6 Å². The molecule has 0 aliphatic carbocycles. The maximum absolute atomic E-state index is 11.9. The molecule has 2 rings (SSSR count). The predicted molar refractivity (Wildman–Crippen MR) is 65.5 cm³/mol. The summed E-state index contributed by atoms with van der Waals surface area (Å²) >= 11 is 0. The summed E-state index contributed by atoms with van der Waals surface area (Å²) in [4.78, 5) is 22.8. The SMILES string of the molecule is Cc1nn(C)c(C)c1NC(=O)c1ccc(=O)[nH]n1. The molecule has 0 spiro atoms. The highest BCUT2D eigenvalue weighted by molar-refractivity contribution is 6.03. The van der Waals surface area contributed by atoms with Crippen LogP contribution in [0, 0.1) is 13.8 Å². The van der Waals surface area contributed by atoms with Gasteiger partial charge < -0.3 is 5.32 Å². The molecule has 1 amide bonds. The van der Waals surface area contributed by atoms with Gasteiger partial charge in [0, 0.05) is 13.1 Å². The molecule has 0 unspecified atom stereocenters. The Labute approximate surface area is 103 Å². The number of carbonyl (C=O) groups is 1. The fourth-order valence-electron chi connectivity index (χ4n) is 1.60. The monoisotopic (exact) mass is 247 g/mol. The molecule has 0 saturated heterocycles. The first-order valence-electron chi connectivity index (χ1n) is 5.36. The minimum atomic E-state index is -0.384. The lowest BCUT2D eigenvalue weighted by Gasteiger charge is -2.04. The second-order valence-electron chi connectivity index (χ2n) is 3.93. The lowest BCUT2D eigenvalue weighted by molar-refractivity contribution is 0.102. The molecule has 0 bridgehead atoms. The maximum Gasteiger partial charge on any atom is 0.276 e. The summed E-state index contributed by atoms with van der Waals surface area (Å²) in [6.45, 7) is 3.67. The molecule has 94 valence electrons. The van der Waals surface area contributed by atoms with E-state index in [1.165, 1.54) is 12.1 Å². The number of aromatic nitrogens is 4. The fourth-order valence-corrected chi connectivity index (χ4v) is 1.60. The zero-order valence-corrected chi connectivity index (χ0v) is 10.3. The quantitative estimate of drug-likeness (QED) is 0.802. The summed E-state index contributed by atoms with van der Waals surface area (Å²) in [5, 5.41) is 12.8. The lowest BCUT2D eigenvalue weighted by atomic mass is 10.3. The summed E-state index contributed by atoms with van der Waals surface area (Å²) in [7, 11) is 1.80. The second kappa shape index (κ2) is 4.44. The van der Waals surface area contributed by atoms with Gasteiger partial charge in [0.1, 0.15) is 5.69 Å². The predicted octanol–water partition coefficient (Wildman–Crippen LogP) is 0.373. The molecule has 7 nitrogen and oxygen atoms in total. The number of hydrogen-bond donors (Lipinski definition) is 2. The average Bonchev–Trinajstić information content (AvgIpc) is 2.57. The van der Waals surface area contributed by atoms with Crippen molar-refractivity contribution in [1.29, 1.82) is 0 Å². The van der Waals surface area contributed by atoms with Gasteiger partial charge in [-0.3, -0.25) is 14.3 Å². The van der Waals surface area contributed by atoms with Crippen LogP contribution in [0.15, 0.2) is 16.9 Å². The van der Waals surface area contributed by atoms with E-state index in [-0.39, 0.29) is 17.2 Å². The number of hydrogen-bond acceptors (Lipinski definition) is 4. The van der Waals surface area contributed by atoms with Gasteiger partial charge in [0.2, 0.25) is 0 Å². The molecular formula is C11H13N5O2. The van der Waals surface area contributed by atoms with E-state index in [0.717, 1.165) is 11.4 Å². The van der Waals surface area contributed by atoms with E-state index in [9.17, 15) is 9.59 Å². The normalized spacial score (nSPS) is 10.4. The van der Waals surface area contributed by atoms with Crippen LogP contribution in [0.25, 0.3) is 0 Å². The largest absolute Gasteiger partial charge is 0.317 e. The van der Waals surface area contributed by atoms with Gasteiger partial charge in [-0.05, 0) is 19.9 Å². The molecule has 0 atom stereocenters. The Morgan fingerprint density at radius 2 is 2.11 bits per heavy atom.